The van der Waals surface area contributed by atoms with Gasteiger partial charge in [-0.25, -0.2) is 0 Å². The van der Waals surface area contributed by atoms with Crippen molar-refractivity contribution in [3.8, 4) is 0 Å². The van der Waals surface area contributed by atoms with Crippen molar-refractivity contribution in [2.24, 2.45) is 0 Å². The summed E-state index contributed by atoms with van der Waals surface area (Å²) in [7, 11) is 0. The SMILES string of the molecule is CCCCCCCCCCCCCC(=O)OC(C)C.[Na+].[OH-]. The van der Waals surface area contributed by atoms with Crippen molar-refractivity contribution in [2.45, 2.75) is 104 Å². The fraction of sp³-hybridized carbons (Fsp3) is 0.941. The molecule has 0 spiro atoms. The fourth-order valence-electron chi connectivity index (χ4n) is 2.26. The summed E-state index contributed by atoms with van der Waals surface area (Å²) in [6, 6.07) is 0. The molecule has 0 heterocycles. The molecular formula is C17H35NaO3. The predicted molar refractivity (Wildman–Crippen MR) is 84.2 cm³/mol. The van der Waals surface area contributed by atoms with Gasteiger partial charge in [-0.3, -0.25) is 4.79 Å². The number of unbranched alkanes of at least 4 members (excludes halogenated alkanes) is 10. The van der Waals surface area contributed by atoms with Gasteiger partial charge < -0.3 is 10.2 Å². The van der Waals surface area contributed by atoms with E-state index in [9.17, 15) is 4.79 Å². The van der Waals surface area contributed by atoms with E-state index in [0.29, 0.717) is 6.42 Å². The summed E-state index contributed by atoms with van der Waals surface area (Å²) in [4.78, 5) is 11.3. The van der Waals surface area contributed by atoms with Crippen molar-refractivity contribution in [3.63, 3.8) is 0 Å². The van der Waals surface area contributed by atoms with Crippen LogP contribution in [0.2, 0.25) is 0 Å². The van der Waals surface area contributed by atoms with Gasteiger partial charge in [-0.05, 0) is 20.3 Å². The van der Waals surface area contributed by atoms with Crippen LogP contribution in [0.1, 0.15) is 97.8 Å². The first kappa shape index (κ1) is 26.3. The Morgan fingerprint density at radius 2 is 1.19 bits per heavy atom. The molecule has 0 aliphatic heterocycles. The zero-order valence-electron chi connectivity index (χ0n) is 14.8. The number of carbonyl (C=O) groups excluding carboxylic acids is 1. The summed E-state index contributed by atoms with van der Waals surface area (Å²) >= 11 is 0. The van der Waals surface area contributed by atoms with Crippen molar-refractivity contribution >= 4 is 5.97 Å². The molecule has 0 aromatic rings. The second-order valence-electron chi connectivity index (χ2n) is 5.82. The number of ether oxygens (including phenoxy) is 1. The summed E-state index contributed by atoms with van der Waals surface area (Å²) < 4.78 is 5.10. The molecule has 122 valence electrons. The molecule has 3 nitrogen and oxygen atoms in total. The summed E-state index contributed by atoms with van der Waals surface area (Å²) in [6.07, 6.45) is 15.1. The molecule has 0 aromatic carbocycles. The van der Waals surface area contributed by atoms with Crippen LogP contribution in [0.3, 0.4) is 0 Å². The van der Waals surface area contributed by atoms with E-state index in [1.807, 2.05) is 13.8 Å². The third kappa shape index (κ3) is 22.8. The van der Waals surface area contributed by atoms with E-state index in [2.05, 4.69) is 6.92 Å². The summed E-state index contributed by atoms with van der Waals surface area (Å²) in [6.45, 7) is 6.06. The van der Waals surface area contributed by atoms with Gasteiger partial charge >= 0.3 is 35.5 Å². The number of hydrogen-bond acceptors (Lipinski definition) is 3. The van der Waals surface area contributed by atoms with Crippen molar-refractivity contribution in [2.75, 3.05) is 0 Å². The maximum atomic E-state index is 11.3. The molecule has 4 heteroatoms. The minimum absolute atomic E-state index is 0. The van der Waals surface area contributed by atoms with E-state index in [-0.39, 0.29) is 47.1 Å². The largest absolute Gasteiger partial charge is 1.00 e. The van der Waals surface area contributed by atoms with Crippen LogP contribution in [-0.4, -0.2) is 17.5 Å². The first-order valence-corrected chi connectivity index (χ1v) is 8.36. The average Bonchev–Trinajstić information content (AvgIpc) is 2.35. The Morgan fingerprint density at radius 3 is 1.57 bits per heavy atom. The molecular weight excluding hydrogens is 275 g/mol. The molecule has 0 atom stereocenters. The van der Waals surface area contributed by atoms with Crippen molar-refractivity contribution in [1.29, 1.82) is 0 Å². The van der Waals surface area contributed by atoms with Crippen LogP contribution in [0, 0.1) is 0 Å². The van der Waals surface area contributed by atoms with E-state index >= 15 is 0 Å². The Kier molecular flexibility index (Phi) is 25.6. The summed E-state index contributed by atoms with van der Waals surface area (Å²) in [5.74, 6) is -0.0362. The zero-order chi connectivity index (χ0) is 14.3. The fourth-order valence-corrected chi connectivity index (χ4v) is 2.26. The molecule has 0 fully saturated rings. The van der Waals surface area contributed by atoms with Gasteiger partial charge in [-0.1, -0.05) is 71.1 Å². The van der Waals surface area contributed by atoms with Crippen LogP contribution in [0.15, 0.2) is 0 Å². The van der Waals surface area contributed by atoms with Crippen LogP contribution in [0.5, 0.6) is 0 Å². The molecule has 1 N–H and O–H groups in total. The minimum atomic E-state index is -0.0362. The molecule has 0 amide bonds. The summed E-state index contributed by atoms with van der Waals surface area (Å²) in [5, 5.41) is 0. The van der Waals surface area contributed by atoms with Crippen LogP contribution in [0.25, 0.3) is 0 Å². The molecule has 0 rings (SSSR count). The Morgan fingerprint density at radius 1 is 0.810 bits per heavy atom. The normalized spacial score (nSPS) is 9.90. The number of esters is 1. The third-order valence-electron chi connectivity index (χ3n) is 3.35. The Hall–Kier alpha value is 0.430. The standard InChI is InChI=1S/C17H34O2.Na.H2O/c1-4-5-6-7-8-9-10-11-12-13-14-15-17(18)19-16(2)3;;/h16H,4-15H2,1-3H3;;1H2/q;+1;/p-1. The van der Waals surface area contributed by atoms with Crippen molar-refractivity contribution in [1.82, 2.24) is 0 Å². The maximum Gasteiger partial charge on any atom is 1.00 e. The van der Waals surface area contributed by atoms with Crippen LogP contribution in [0.4, 0.5) is 0 Å². The van der Waals surface area contributed by atoms with Gasteiger partial charge in [-0.2, -0.15) is 0 Å². The second-order valence-corrected chi connectivity index (χ2v) is 5.82. The van der Waals surface area contributed by atoms with Crippen molar-refractivity contribution < 1.29 is 44.6 Å². The van der Waals surface area contributed by atoms with E-state index in [1.54, 1.807) is 0 Å². The number of carbonyl (C=O) groups is 1. The molecule has 0 bridgehead atoms. The van der Waals surface area contributed by atoms with E-state index in [4.69, 9.17) is 4.74 Å². The predicted octanol–water partition coefficient (Wildman–Crippen LogP) is 2.47. The van der Waals surface area contributed by atoms with E-state index < -0.39 is 0 Å². The Labute approximate surface area is 154 Å². The van der Waals surface area contributed by atoms with Gasteiger partial charge in [0, 0.05) is 6.42 Å². The zero-order valence-corrected chi connectivity index (χ0v) is 16.8. The van der Waals surface area contributed by atoms with E-state index in [1.165, 1.54) is 64.2 Å². The quantitative estimate of drug-likeness (QED) is 0.298. The molecule has 0 saturated carbocycles. The number of hydrogen-bond donors (Lipinski definition) is 0. The molecule has 0 aliphatic rings. The Balaban J connectivity index is -0.00000162. The molecule has 0 unspecified atom stereocenters. The molecule has 0 radical (unpaired) electrons. The van der Waals surface area contributed by atoms with Gasteiger partial charge in [0.15, 0.2) is 0 Å². The maximum absolute atomic E-state index is 11.3. The third-order valence-corrected chi connectivity index (χ3v) is 3.35. The molecule has 0 aromatic heterocycles. The first-order chi connectivity index (χ1) is 9.16. The second kappa shape index (κ2) is 20.4. The molecule has 21 heavy (non-hydrogen) atoms. The van der Waals surface area contributed by atoms with Gasteiger partial charge in [-0.15, -0.1) is 0 Å². The smallest absolute Gasteiger partial charge is 0.870 e. The van der Waals surface area contributed by atoms with Gasteiger partial charge in [0.05, 0.1) is 6.10 Å². The minimum Gasteiger partial charge on any atom is -0.870 e. The number of rotatable bonds is 13. The topological polar surface area (TPSA) is 56.3 Å². The average molecular weight is 310 g/mol. The van der Waals surface area contributed by atoms with E-state index in [0.717, 1.165) is 6.42 Å². The Bertz CT molecular complexity index is 208. The summed E-state index contributed by atoms with van der Waals surface area (Å²) in [5.41, 5.74) is 0. The monoisotopic (exact) mass is 310 g/mol. The van der Waals surface area contributed by atoms with Crippen molar-refractivity contribution in [3.05, 3.63) is 0 Å². The van der Waals surface area contributed by atoms with Gasteiger partial charge in [0.25, 0.3) is 0 Å². The first-order valence-electron chi connectivity index (χ1n) is 8.36. The van der Waals surface area contributed by atoms with Crippen LogP contribution < -0.4 is 29.6 Å². The molecule has 0 aliphatic carbocycles. The molecule has 0 saturated heterocycles. The van der Waals surface area contributed by atoms with Crippen LogP contribution in [-0.2, 0) is 9.53 Å². The van der Waals surface area contributed by atoms with Gasteiger partial charge in [0.2, 0.25) is 0 Å². The van der Waals surface area contributed by atoms with Crippen LogP contribution >= 0.6 is 0 Å². The van der Waals surface area contributed by atoms with Gasteiger partial charge in [0.1, 0.15) is 0 Å².